The molecule has 0 aliphatic rings. The van der Waals surface area contributed by atoms with Gasteiger partial charge in [0.2, 0.25) is 0 Å². The van der Waals surface area contributed by atoms with E-state index >= 15 is 0 Å². The molecule has 0 atom stereocenters. The molecule has 0 aliphatic carbocycles. The molecule has 0 aliphatic heterocycles. The lowest BCUT2D eigenvalue weighted by atomic mass is 9.84. The summed E-state index contributed by atoms with van der Waals surface area (Å²) in [6.45, 7) is 0. The fraction of sp³-hybridized carbons (Fsp3) is 0. The van der Waals surface area contributed by atoms with Crippen molar-refractivity contribution in [2.45, 2.75) is 0 Å². The Morgan fingerprint density at radius 1 is 0.276 bits per heavy atom. The van der Waals surface area contributed by atoms with Crippen LogP contribution in [0.15, 0.2) is 229 Å². The standard InChI is InChI=1S/C56H37NO/c1-4-16-38(17-5-1)39-30-33-44(34-31-39)57(51-27-15-29-53-56(51)49-26-12-13-28-52(49)58-53)45-23-14-22-42(36-45)43-32-35-47-46-24-10-11-25-48(46)54(40-18-6-2-7-19-40)55(50(47)37-43)41-20-8-3-9-21-41/h1-37H. The Morgan fingerprint density at radius 2 is 0.776 bits per heavy atom. The van der Waals surface area contributed by atoms with Crippen LogP contribution in [0.4, 0.5) is 17.1 Å². The minimum atomic E-state index is 0.866. The van der Waals surface area contributed by atoms with Gasteiger partial charge in [-0.3, -0.25) is 0 Å². The molecular formula is C56H37NO. The first-order valence-electron chi connectivity index (χ1n) is 19.8. The Bertz CT molecular complexity index is 3260. The van der Waals surface area contributed by atoms with Gasteiger partial charge in [-0.05, 0) is 115 Å². The van der Waals surface area contributed by atoms with Gasteiger partial charge in [-0.2, -0.15) is 0 Å². The van der Waals surface area contributed by atoms with E-state index in [0.717, 1.165) is 50.1 Å². The summed E-state index contributed by atoms with van der Waals surface area (Å²) in [6, 6.07) is 80.7. The van der Waals surface area contributed by atoms with Gasteiger partial charge in [0.15, 0.2) is 0 Å². The van der Waals surface area contributed by atoms with Crippen LogP contribution in [-0.2, 0) is 0 Å². The summed E-state index contributed by atoms with van der Waals surface area (Å²) in [5.74, 6) is 0. The number of anilines is 3. The van der Waals surface area contributed by atoms with Gasteiger partial charge in [0.25, 0.3) is 0 Å². The average molecular weight is 740 g/mol. The Hall–Kier alpha value is -7.68. The van der Waals surface area contributed by atoms with Crippen molar-refractivity contribution in [2.24, 2.45) is 0 Å². The fourth-order valence-electron chi connectivity index (χ4n) is 8.81. The first kappa shape index (κ1) is 33.6. The number of benzene rings is 10. The van der Waals surface area contributed by atoms with Crippen molar-refractivity contribution in [2.75, 3.05) is 4.90 Å². The third kappa shape index (κ3) is 5.74. The molecule has 0 N–H and O–H groups in total. The second kappa shape index (κ2) is 14.1. The van der Waals surface area contributed by atoms with Crippen molar-refractivity contribution in [3.8, 4) is 44.5 Å². The number of hydrogen-bond acceptors (Lipinski definition) is 2. The molecule has 0 spiro atoms. The molecule has 0 radical (unpaired) electrons. The molecule has 58 heavy (non-hydrogen) atoms. The topological polar surface area (TPSA) is 16.4 Å². The quantitative estimate of drug-likeness (QED) is 0.151. The molecule has 0 unspecified atom stereocenters. The van der Waals surface area contributed by atoms with Gasteiger partial charge in [0.1, 0.15) is 11.2 Å². The molecule has 0 saturated heterocycles. The SMILES string of the molecule is c1ccc(-c2ccc(N(c3cccc(-c4ccc5c(c4)c(-c4ccccc4)c(-c4ccccc4)c4ccccc45)c3)c3cccc4oc5ccccc5c34)cc2)cc1. The Labute approximate surface area is 337 Å². The molecule has 272 valence electrons. The number of fused-ring (bicyclic) bond motifs is 6. The van der Waals surface area contributed by atoms with E-state index in [1.165, 1.54) is 54.9 Å². The molecule has 0 bridgehead atoms. The summed E-state index contributed by atoms with van der Waals surface area (Å²) in [6.07, 6.45) is 0. The lowest BCUT2D eigenvalue weighted by Gasteiger charge is -2.27. The van der Waals surface area contributed by atoms with E-state index in [1.807, 2.05) is 6.07 Å². The zero-order chi connectivity index (χ0) is 38.4. The highest BCUT2D eigenvalue weighted by Gasteiger charge is 2.21. The molecule has 2 nitrogen and oxygen atoms in total. The van der Waals surface area contributed by atoms with Gasteiger partial charge in [-0.1, -0.05) is 176 Å². The largest absolute Gasteiger partial charge is 0.456 e. The summed E-state index contributed by atoms with van der Waals surface area (Å²) in [4.78, 5) is 2.38. The third-order valence-corrected chi connectivity index (χ3v) is 11.4. The average Bonchev–Trinajstić information content (AvgIpc) is 3.69. The number of para-hydroxylation sites is 1. The first-order chi connectivity index (χ1) is 28.8. The van der Waals surface area contributed by atoms with E-state index in [9.17, 15) is 0 Å². The molecule has 11 rings (SSSR count). The smallest absolute Gasteiger partial charge is 0.137 e. The van der Waals surface area contributed by atoms with Gasteiger partial charge < -0.3 is 9.32 Å². The summed E-state index contributed by atoms with van der Waals surface area (Å²) in [7, 11) is 0. The van der Waals surface area contributed by atoms with Crippen LogP contribution in [0, 0.1) is 0 Å². The molecule has 11 aromatic rings. The minimum absolute atomic E-state index is 0.866. The number of hydrogen-bond donors (Lipinski definition) is 0. The van der Waals surface area contributed by atoms with Crippen LogP contribution in [0.1, 0.15) is 0 Å². The number of nitrogens with zero attached hydrogens (tertiary/aromatic N) is 1. The number of rotatable bonds is 7. The van der Waals surface area contributed by atoms with E-state index in [0.29, 0.717) is 0 Å². The van der Waals surface area contributed by atoms with Gasteiger partial charge in [0.05, 0.1) is 11.1 Å². The van der Waals surface area contributed by atoms with Crippen molar-refractivity contribution >= 4 is 60.5 Å². The monoisotopic (exact) mass is 739 g/mol. The molecule has 0 saturated carbocycles. The Kier molecular flexibility index (Phi) is 8.19. The Balaban J connectivity index is 1.13. The summed E-state index contributed by atoms with van der Waals surface area (Å²) < 4.78 is 6.42. The lowest BCUT2D eigenvalue weighted by molar-refractivity contribution is 0.669. The van der Waals surface area contributed by atoms with Gasteiger partial charge in [-0.15, -0.1) is 0 Å². The van der Waals surface area contributed by atoms with Crippen molar-refractivity contribution < 1.29 is 4.42 Å². The van der Waals surface area contributed by atoms with Crippen LogP contribution in [-0.4, -0.2) is 0 Å². The maximum atomic E-state index is 6.42. The zero-order valence-electron chi connectivity index (χ0n) is 31.7. The molecule has 10 aromatic carbocycles. The third-order valence-electron chi connectivity index (χ3n) is 11.4. The van der Waals surface area contributed by atoms with Gasteiger partial charge >= 0.3 is 0 Å². The van der Waals surface area contributed by atoms with Crippen LogP contribution in [0.3, 0.4) is 0 Å². The van der Waals surface area contributed by atoms with Crippen molar-refractivity contribution in [3.05, 3.63) is 224 Å². The lowest BCUT2D eigenvalue weighted by Crippen LogP contribution is -2.10. The highest BCUT2D eigenvalue weighted by Crippen LogP contribution is 2.47. The molecule has 1 heterocycles. The van der Waals surface area contributed by atoms with Crippen molar-refractivity contribution in [1.29, 1.82) is 0 Å². The van der Waals surface area contributed by atoms with E-state index in [4.69, 9.17) is 4.42 Å². The molecular weight excluding hydrogens is 703 g/mol. The predicted molar refractivity (Wildman–Crippen MR) is 245 cm³/mol. The Morgan fingerprint density at radius 3 is 1.50 bits per heavy atom. The van der Waals surface area contributed by atoms with Gasteiger partial charge in [-0.25, -0.2) is 0 Å². The van der Waals surface area contributed by atoms with Crippen molar-refractivity contribution in [1.82, 2.24) is 0 Å². The fourth-order valence-corrected chi connectivity index (χ4v) is 8.81. The van der Waals surface area contributed by atoms with Gasteiger partial charge in [0, 0.05) is 16.8 Å². The van der Waals surface area contributed by atoms with Crippen LogP contribution in [0.5, 0.6) is 0 Å². The van der Waals surface area contributed by atoms with Crippen LogP contribution >= 0.6 is 0 Å². The summed E-state index contributed by atoms with van der Waals surface area (Å²) in [5.41, 5.74) is 14.5. The van der Waals surface area contributed by atoms with Crippen LogP contribution < -0.4 is 4.90 Å². The van der Waals surface area contributed by atoms with E-state index < -0.39 is 0 Å². The second-order valence-electron chi connectivity index (χ2n) is 14.8. The maximum absolute atomic E-state index is 6.42. The normalized spacial score (nSPS) is 11.4. The molecule has 0 fully saturated rings. The van der Waals surface area contributed by atoms with E-state index in [-0.39, 0.29) is 0 Å². The predicted octanol–water partition coefficient (Wildman–Crippen LogP) is 16.0. The van der Waals surface area contributed by atoms with Crippen molar-refractivity contribution in [3.63, 3.8) is 0 Å². The summed E-state index contributed by atoms with van der Waals surface area (Å²) in [5, 5.41) is 7.17. The second-order valence-corrected chi connectivity index (χ2v) is 14.8. The van der Waals surface area contributed by atoms with E-state index in [1.54, 1.807) is 0 Å². The van der Waals surface area contributed by atoms with Crippen LogP contribution in [0.2, 0.25) is 0 Å². The molecule has 2 heteroatoms. The highest BCUT2D eigenvalue weighted by atomic mass is 16.3. The minimum Gasteiger partial charge on any atom is -0.456 e. The molecule has 0 amide bonds. The first-order valence-corrected chi connectivity index (χ1v) is 19.8. The highest BCUT2D eigenvalue weighted by molar-refractivity contribution is 6.22. The molecule has 1 aromatic heterocycles. The summed E-state index contributed by atoms with van der Waals surface area (Å²) >= 11 is 0. The van der Waals surface area contributed by atoms with Crippen LogP contribution in [0.25, 0.3) is 88.0 Å². The maximum Gasteiger partial charge on any atom is 0.137 e. The number of furan rings is 1. The van der Waals surface area contributed by atoms with E-state index in [2.05, 4.69) is 223 Å². The zero-order valence-corrected chi connectivity index (χ0v) is 31.7.